The molecule has 1 aromatic carbocycles. The number of carboxylic acids is 1. The molecule has 0 unspecified atom stereocenters. The fourth-order valence-electron chi connectivity index (χ4n) is 1.75. The predicted octanol–water partition coefficient (Wildman–Crippen LogP) is 1.62. The van der Waals surface area contributed by atoms with Gasteiger partial charge in [-0.05, 0) is 38.2 Å². The molecule has 0 saturated heterocycles. The standard InChI is InChI=1S/C14H22N2O3/c1-4-7-19-12-6-5-10(13(15)14(17)18)8-11(12)9-16(2)3/h5-6,8,13H,4,7,9,15H2,1-3H3,(H,17,18)/t13-/m0/s1. The largest absolute Gasteiger partial charge is 0.493 e. The topological polar surface area (TPSA) is 75.8 Å². The fraction of sp³-hybridized carbons (Fsp3) is 0.500. The van der Waals surface area contributed by atoms with Gasteiger partial charge < -0.3 is 20.5 Å². The van der Waals surface area contributed by atoms with E-state index in [1.165, 1.54) is 0 Å². The van der Waals surface area contributed by atoms with Crippen LogP contribution in [-0.2, 0) is 11.3 Å². The van der Waals surface area contributed by atoms with Gasteiger partial charge in [-0.1, -0.05) is 13.0 Å². The number of hydrogen-bond acceptors (Lipinski definition) is 4. The van der Waals surface area contributed by atoms with E-state index in [9.17, 15) is 4.79 Å². The van der Waals surface area contributed by atoms with Crippen molar-refractivity contribution in [2.45, 2.75) is 25.9 Å². The molecule has 1 rings (SSSR count). The maximum atomic E-state index is 10.9. The molecule has 5 nitrogen and oxygen atoms in total. The smallest absolute Gasteiger partial charge is 0.325 e. The minimum absolute atomic E-state index is 0.591. The van der Waals surface area contributed by atoms with Crippen LogP contribution in [0.5, 0.6) is 5.75 Å². The Morgan fingerprint density at radius 3 is 2.68 bits per heavy atom. The second-order valence-electron chi connectivity index (χ2n) is 4.77. The minimum atomic E-state index is -1.03. The van der Waals surface area contributed by atoms with Crippen LogP contribution in [0.25, 0.3) is 0 Å². The van der Waals surface area contributed by atoms with Crippen LogP contribution in [0.15, 0.2) is 18.2 Å². The Bertz CT molecular complexity index is 433. The number of aliphatic carboxylic acids is 1. The van der Waals surface area contributed by atoms with Crippen LogP contribution in [-0.4, -0.2) is 36.7 Å². The van der Waals surface area contributed by atoms with Crippen LogP contribution in [0.3, 0.4) is 0 Å². The summed E-state index contributed by atoms with van der Waals surface area (Å²) in [6.45, 7) is 3.37. The van der Waals surface area contributed by atoms with E-state index in [1.54, 1.807) is 12.1 Å². The first-order chi connectivity index (χ1) is 8.95. The van der Waals surface area contributed by atoms with E-state index >= 15 is 0 Å². The monoisotopic (exact) mass is 266 g/mol. The van der Waals surface area contributed by atoms with Crippen LogP contribution >= 0.6 is 0 Å². The van der Waals surface area contributed by atoms with Gasteiger partial charge in [0.25, 0.3) is 0 Å². The molecular weight excluding hydrogens is 244 g/mol. The van der Waals surface area contributed by atoms with E-state index in [0.29, 0.717) is 18.7 Å². The Hall–Kier alpha value is -1.59. The highest BCUT2D eigenvalue weighted by molar-refractivity contribution is 5.75. The number of ether oxygens (including phenoxy) is 1. The number of carbonyl (C=O) groups is 1. The molecule has 0 fully saturated rings. The lowest BCUT2D eigenvalue weighted by Gasteiger charge is -2.17. The van der Waals surface area contributed by atoms with E-state index in [-0.39, 0.29) is 0 Å². The zero-order chi connectivity index (χ0) is 14.4. The second kappa shape index (κ2) is 7.11. The van der Waals surface area contributed by atoms with Crippen LogP contribution in [0, 0.1) is 0 Å². The molecule has 0 aliphatic heterocycles. The highest BCUT2D eigenvalue weighted by Gasteiger charge is 2.16. The van der Waals surface area contributed by atoms with E-state index in [1.807, 2.05) is 32.0 Å². The first kappa shape index (κ1) is 15.5. The molecular formula is C14H22N2O3. The molecule has 1 aromatic rings. The molecule has 0 spiro atoms. The average Bonchev–Trinajstić information content (AvgIpc) is 2.35. The van der Waals surface area contributed by atoms with Crippen molar-refractivity contribution in [2.24, 2.45) is 5.73 Å². The summed E-state index contributed by atoms with van der Waals surface area (Å²) in [5.74, 6) is -0.241. The number of carboxylic acid groups (broad SMARTS) is 1. The zero-order valence-corrected chi connectivity index (χ0v) is 11.7. The van der Waals surface area contributed by atoms with Crippen molar-refractivity contribution in [3.05, 3.63) is 29.3 Å². The van der Waals surface area contributed by atoms with Crippen molar-refractivity contribution in [1.29, 1.82) is 0 Å². The Morgan fingerprint density at radius 2 is 2.16 bits per heavy atom. The van der Waals surface area contributed by atoms with Gasteiger partial charge in [-0.2, -0.15) is 0 Å². The lowest BCUT2D eigenvalue weighted by molar-refractivity contribution is -0.138. The zero-order valence-electron chi connectivity index (χ0n) is 11.7. The second-order valence-corrected chi connectivity index (χ2v) is 4.77. The van der Waals surface area contributed by atoms with Crippen molar-refractivity contribution in [3.8, 4) is 5.75 Å². The lowest BCUT2D eigenvalue weighted by Crippen LogP contribution is -2.21. The van der Waals surface area contributed by atoms with Crippen LogP contribution in [0.4, 0.5) is 0 Å². The Labute approximate surface area is 114 Å². The minimum Gasteiger partial charge on any atom is -0.493 e. The van der Waals surface area contributed by atoms with E-state index < -0.39 is 12.0 Å². The first-order valence-electron chi connectivity index (χ1n) is 6.34. The van der Waals surface area contributed by atoms with Crippen molar-refractivity contribution in [3.63, 3.8) is 0 Å². The normalized spacial score (nSPS) is 12.5. The van der Waals surface area contributed by atoms with Crippen molar-refractivity contribution in [1.82, 2.24) is 4.90 Å². The maximum absolute atomic E-state index is 10.9. The van der Waals surface area contributed by atoms with Crippen molar-refractivity contribution < 1.29 is 14.6 Å². The van der Waals surface area contributed by atoms with Gasteiger partial charge in [-0.3, -0.25) is 4.79 Å². The van der Waals surface area contributed by atoms with Crippen LogP contribution < -0.4 is 10.5 Å². The third-order valence-electron chi connectivity index (χ3n) is 2.66. The van der Waals surface area contributed by atoms with Crippen LogP contribution in [0.2, 0.25) is 0 Å². The number of rotatable bonds is 7. The van der Waals surface area contributed by atoms with Gasteiger partial charge in [0.15, 0.2) is 0 Å². The summed E-state index contributed by atoms with van der Waals surface area (Å²) in [7, 11) is 3.90. The third-order valence-corrected chi connectivity index (χ3v) is 2.66. The lowest BCUT2D eigenvalue weighted by atomic mass is 10.0. The average molecular weight is 266 g/mol. The molecule has 0 heterocycles. The van der Waals surface area contributed by atoms with E-state index in [2.05, 4.69) is 0 Å². The summed E-state index contributed by atoms with van der Waals surface area (Å²) in [5, 5.41) is 8.95. The molecule has 106 valence electrons. The number of nitrogens with two attached hydrogens (primary N) is 1. The molecule has 3 N–H and O–H groups in total. The molecule has 5 heteroatoms. The molecule has 0 aliphatic rings. The van der Waals surface area contributed by atoms with Crippen molar-refractivity contribution in [2.75, 3.05) is 20.7 Å². The predicted molar refractivity (Wildman–Crippen MR) is 74.2 cm³/mol. The van der Waals surface area contributed by atoms with Gasteiger partial charge in [-0.25, -0.2) is 0 Å². The highest BCUT2D eigenvalue weighted by atomic mass is 16.5. The number of benzene rings is 1. The summed E-state index contributed by atoms with van der Waals surface area (Å²) in [6.07, 6.45) is 0.928. The van der Waals surface area contributed by atoms with E-state index in [0.717, 1.165) is 17.7 Å². The number of hydrogen-bond donors (Lipinski definition) is 2. The van der Waals surface area contributed by atoms with Gasteiger partial charge in [0.2, 0.25) is 0 Å². The molecule has 0 bridgehead atoms. The van der Waals surface area contributed by atoms with Crippen LogP contribution in [0.1, 0.15) is 30.5 Å². The third kappa shape index (κ3) is 4.54. The fourth-order valence-corrected chi connectivity index (χ4v) is 1.75. The molecule has 0 saturated carbocycles. The van der Waals surface area contributed by atoms with Gasteiger partial charge in [-0.15, -0.1) is 0 Å². The van der Waals surface area contributed by atoms with E-state index in [4.69, 9.17) is 15.6 Å². The summed E-state index contributed by atoms with van der Waals surface area (Å²) in [5.41, 5.74) is 7.18. The van der Waals surface area contributed by atoms with Gasteiger partial charge in [0.1, 0.15) is 11.8 Å². The molecule has 0 aliphatic carbocycles. The summed E-state index contributed by atoms with van der Waals surface area (Å²) >= 11 is 0. The van der Waals surface area contributed by atoms with Gasteiger partial charge in [0.05, 0.1) is 6.61 Å². The summed E-state index contributed by atoms with van der Waals surface area (Å²) in [4.78, 5) is 12.9. The SMILES string of the molecule is CCCOc1ccc([C@H](N)C(=O)O)cc1CN(C)C. The quantitative estimate of drug-likeness (QED) is 0.784. The first-order valence-corrected chi connectivity index (χ1v) is 6.34. The van der Waals surface area contributed by atoms with Crippen molar-refractivity contribution >= 4 is 5.97 Å². The summed E-state index contributed by atoms with van der Waals surface area (Å²) < 4.78 is 5.67. The molecule has 1 atom stereocenters. The summed E-state index contributed by atoms with van der Waals surface area (Å²) in [6, 6.07) is 4.32. The van der Waals surface area contributed by atoms with Gasteiger partial charge in [0, 0.05) is 12.1 Å². The Balaban J connectivity index is 3.03. The number of nitrogens with zero attached hydrogens (tertiary/aromatic N) is 1. The molecule has 19 heavy (non-hydrogen) atoms. The van der Waals surface area contributed by atoms with Gasteiger partial charge >= 0.3 is 5.97 Å². The Morgan fingerprint density at radius 1 is 1.47 bits per heavy atom. The molecule has 0 aromatic heterocycles. The highest BCUT2D eigenvalue weighted by Crippen LogP contribution is 2.24. The maximum Gasteiger partial charge on any atom is 0.325 e. The molecule has 0 amide bonds. The Kier molecular flexibility index (Phi) is 5.79. The molecule has 0 radical (unpaired) electrons.